The van der Waals surface area contributed by atoms with Crippen LogP contribution >= 0.6 is 15.9 Å². The van der Waals surface area contributed by atoms with Crippen molar-refractivity contribution in [2.24, 2.45) is 0 Å². The first-order chi connectivity index (χ1) is 14.3. The summed E-state index contributed by atoms with van der Waals surface area (Å²) in [6, 6.07) is 12.5. The molecule has 1 aliphatic rings. The number of carbonyl (C=O) groups excluding carboxylic acids is 2. The van der Waals surface area contributed by atoms with Gasteiger partial charge in [-0.3, -0.25) is 9.59 Å². The van der Waals surface area contributed by atoms with Crippen molar-refractivity contribution in [1.29, 1.82) is 0 Å². The summed E-state index contributed by atoms with van der Waals surface area (Å²) in [6.07, 6.45) is 1.69. The third-order valence-electron chi connectivity index (χ3n) is 5.45. The van der Waals surface area contributed by atoms with Gasteiger partial charge in [0, 0.05) is 36.4 Å². The predicted octanol–water partition coefficient (Wildman–Crippen LogP) is 5.05. The summed E-state index contributed by atoms with van der Waals surface area (Å²) in [4.78, 5) is 29.4. The lowest BCUT2D eigenvalue weighted by atomic mass is 9.94. The Morgan fingerprint density at radius 3 is 2.37 bits per heavy atom. The van der Waals surface area contributed by atoms with Gasteiger partial charge in [0.25, 0.3) is 11.7 Å². The molecule has 1 amide bonds. The number of amides is 1. The molecule has 6 heteroatoms. The first-order valence-electron chi connectivity index (χ1n) is 10.1. The molecule has 5 nitrogen and oxygen atoms in total. The van der Waals surface area contributed by atoms with Crippen molar-refractivity contribution >= 4 is 39.1 Å². The normalized spacial score (nSPS) is 18.2. The van der Waals surface area contributed by atoms with Gasteiger partial charge in [0.05, 0.1) is 11.6 Å². The number of benzene rings is 2. The number of likely N-dealkylation sites (tertiary alicyclic amines) is 1. The van der Waals surface area contributed by atoms with Gasteiger partial charge in [0.15, 0.2) is 0 Å². The van der Waals surface area contributed by atoms with Gasteiger partial charge in [0.1, 0.15) is 5.76 Å². The quantitative estimate of drug-likeness (QED) is 0.364. The van der Waals surface area contributed by atoms with Gasteiger partial charge in [0.2, 0.25) is 0 Å². The Labute approximate surface area is 186 Å². The van der Waals surface area contributed by atoms with Gasteiger partial charge in [-0.1, -0.05) is 47.5 Å². The number of aliphatic hydroxyl groups excluding tert-OH is 1. The lowest BCUT2D eigenvalue weighted by Crippen LogP contribution is -2.30. The molecule has 1 heterocycles. The first-order valence-corrected chi connectivity index (χ1v) is 10.9. The fourth-order valence-electron chi connectivity index (χ4n) is 3.69. The first kappa shape index (κ1) is 22.1. The SMILES string of the molecule is CCCCN1C(=O)C(=O)/C(=C(\O)c2ccc(Br)c(C)c2)C1c1ccc(N(C)C)cc1. The number of halogens is 1. The van der Waals surface area contributed by atoms with Crippen molar-refractivity contribution in [2.75, 3.05) is 25.5 Å². The Bertz CT molecular complexity index is 996. The lowest BCUT2D eigenvalue weighted by Gasteiger charge is -2.25. The van der Waals surface area contributed by atoms with Crippen LogP contribution in [-0.2, 0) is 9.59 Å². The summed E-state index contributed by atoms with van der Waals surface area (Å²) in [7, 11) is 3.91. The van der Waals surface area contributed by atoms with Gasteiger partial charge in [-0.25, -0.2) is 0 Å². The van der Waals surface area contributed by atoms with Crippen LogP contribution < -0.4 is 4.90 Å². The molecule has 0 saturated carbocycles. The number of nitrogens with zero attached hydrogens (tertiary/aromatic N) is 2. The van der Waals surface area contributed by atoms with Crippen LogP contribution in [0.2, 0.25) is 0 Å². The van der Waals surface area contributed by atoms with Crippen LogP contribution in [0.15, 0.2) is 52.5 Å². The molecule has 0 bridgehead atoms. The summed E-state index contributed by atoms with van der Waals surface area (Å²) < 4.78 is 0.915. The second kappa shape index (κ2) is 9.04. The number of hydrogen-bond donors (Lipinski definition) is 1. The average Bonchev–Trinajstić information content (AvgIpc) is 2.98. The van der Waals surface area contributed by atoms with Gasteiger partial charge in [-0.05, 0) is 48.7 Å². The minimum absolute atomic E-state index is 0.135. The molecular weight excluding hydrogens is 444 g/mol. The standard InChI is InChI=1S/C24H27BrN2O3/c1-5-6-13-27-21(16-7-10-18(11-8-16)26(3)4)20(23(29)24(27)30)22(28)17-9-12-19(25)15(2)14-17/h7-12,14,21,28H,5-6,13H2,1-4H3/b22-20-. The number of anilines is 1. The van der Waals surface area contributed by atoms with E-state index >= 15 is 0 Å². The van der Waals surface area contributed by atoms with E-state index < -0.39 is 17.7 Å². The Balaban J connectivity index is 2.15. The molecule has 1 N–H and O–H groups in total. The van der Waals surface area contributed by atoms with E-state index in [1.165, 1.54) is 0 Å². The van der Waals surface area contributed by atoms with E-state index in [0.29, 0.717) is 12.1 Å². The van der Waals surface area contributed by atoms with Gasteiger partial charge in [-0.15, -0.1) is 0 Å². The van der Waals surface area contributed by atoms with Crippen molar-refractivity contribution in [1.82, 2.24) is 4.90 Å². The summed E-state index contributed by atoms with van der Waals surface area (Å²) in [6.45, 7) is 4.43. The molecule has 2 aromatic rings. The second-order valence-electron chi connectivity index (χ2n) is 7.80. The van der Waals surface area contributed by atoms with E-state index in [1.807, 2.05) is 69.2 Å². The zero-order chi connectivity index (χ0) is 22.0. The number of unbranched alkanes of at least 4 members (excludes halogenated alkanes) is 1. The topological polar surface area (TPSA) is 60.9 Å². The predicted molar refractivity (Wildman–Crippen MR) is 124 cm³/mol. The molecule has 30 heavy (non-hydrogen) atoms. The highest BCUT2D eigenvalue weighted by molar-refractivity contribution is 9.10. The van der Waals surface area contributed by atoms with Crippen molar-refractivity contribution in [2.45, 2.75) is 32.7 Å². The molecule has 1 fully saturated rings. The van der Waals surface area contributed by atoms with Crippen LogP contribution in [0, 0.1) is 6.92 Å². The Kier molecular flexibility index (Phi) is 6.66. The van der Waals surface area contributed by atoms with E-state index in [-0.39, 0.29) is 11.3 Å². The Morgan fingerprint density at radius 1 is 1.13 bits per heavy atom. The van der Waals surface area contributed by atoms with Gasteiger partial charge in [-0.2, -0.15) is 0 Å². The van der Waals surface area contributed by atoms with Crippen molar-refractivity contribution in [3.63, 3.8) is 0 Å². The molecule has 158 valence electrons. The number of hydrogen-bond acceptors (Lipinski definition) is 4. The van der Waals surface area contributed by atoms with Crippen LogP contribution in [0.5, 0.6) is 0 Å². The zero-order valence-electron chi connectivity index (χ0n) is 17.8. The molecule has 1 atom stereocenters. The number of carbonyl (C=O) groups is 2. The highest BCUT2D eigenvalue weighted by Crippen LogP contribution is 2.40. The van der Waals surface area contributed by atoms with E-state index in [1.54, 1.807) is 11.0 Å². The molecule has 0 aliphatic carbocycles. The summed E-state index contributed by atoms with van der Waals surface area (Å²) >= 11 is 3.46. The largest absolute Gasteiger partial charge is 0.507 e. The Hall–Kier alpha value is -2.60. The van der Waals surface area contributed by atoms with Crippen LogP contribution in [0.3, 0.4) is 0 Å². The van der Waals surface area contributed by atoms with E-state index in [9.17, 15) is 14.7 Å². The average molecular weight is 471 g/mol. The number of rotatable bonds is 6. The minimum Gasteiger partial charge on any atom is -0.507 e. The third-order valence-corrected chi connectivity index (χ3v) is 6.34. The van der Waals surface area contributed by atoms with Crippen LogP contribution in [-0.4, -0.2) is 42.3 Å². The van der Waals surface area contributed by atoms with Crippen molar-refractivity contribution < 1.29 is 14.7 Å². The Morgan fingerprint density at radius 2 is 1.80 bits per heavy atom. The molecule has 2 aromatic carbocycles. The number of aryl methyl sites for hydroxylation is 1. The minimum atomic E-state index is -0.633. The summed E-state index contributed by atoms with van der Waals surface area (Å²) in [5, 5.41) is 11.1. The highest BCUT2D eigenvalue weighted by atomic mass is 79.9. The molecule has 0 aromatic heterocycles. The fourth-order valence-corrected chi connectivity index (χ4v) is 3.93. The molecule has 0 spiro atoms. The number of Topliss-reactive ketones (excluding diaryl/α,β-unsaturated/α-hetero) is 1. The molecule has 1 unspecified atom stereocenters. The van der Waals surface area contributed by atoms with Crippen LogP contribution in [0.1, 0.15) is 42.5 Å². The van der Waals surface area contributed by atoms with Gasteiger partial charge < -0.3 is 14.9 Å². The van der Waals surface area contributed by atoms with Crippen LogP contribution in [0.4, 0.5) is 5.69 Å². The summed E-state index contributed by atoms with van der Waals surface area (Å²) in [5.41, 5.74) is 3.44. The fraction of sp³-hybridized carbons (Fsp3) is 0.333. The molecule has 1 saturated heterocycles. The number of aliphatic hydroxyl groups is 1. The smallest absolute Gasteiger partial charge is 0.295 e. The van der Waals surface area contributed by atoms with E-state index in [2.05, 4.69) is 15.9 Å². The maximum atomic E-state index is 13.0. The molecule has 3 rings (SSSR count). The second-order valence-corrected chi connectivity index (χ2v) is 8.65. The highest BCUT2D eigenvalue weighted by Gasteiger charge is 2.45. The van der Waals surface area contributed by atoms with Crippen molar-refractivity contribution in [3.8, 4) is 0 Å². The molecule has 0 radical (unpaired) electrons. The summed E-state index contributed by atoms with van der Waals surface area (Å²) in [5.74, 6) is -1.32. The maximum Gasteiger partial charge on any atom is 0.295 e. The van der Waals surface area contributed by atoms with E-state index in [4.69, 9.17) is 0 Å². The van der Waals surface area contributed by atoms with Gasteiger partial charge >= 0.3 is 0 Å². The maximum absolute atomic E-state index is 13.0. The monoisotopic (exact) mass is 470 g/mol. The van der Waals surface area contributed by atoms with Crippen LogP contribution in [0.25, 0.3) is 5.76 Å². The molecular formula is C24H27BrN2O3. The molecule has 1 aliphatic heterocycles. The lowest BCUT2D eigenvalue weighted by molar-refractivity contribution is -0.139. The number of ketones is 1. The third kappa shape index (κ3) is 4.15. The zero-order valence-corrected chi connectivity index (χ0v) is 19.4. The van der Waals surface area contributed by atoms with E-state index in [0.717, 1.165) is 34.1 Å². The van der Waals surface area contributed by atoms with Crippen molar-refractivity contribution in [3.05, 3.63) is 69.2 Å².